The van der Waals surface area contributed by atoms with Crippen LogP contribution in [-0.4, -0.2) is 294 Å². The van der Waals surface area contributed by atoms with E-state index in [1.54, 1.807) is 22.9 Å². The van der Waals surface area contributed by atoms with Crippen LogP contribution in [0.5, 0.6) is 0 Å². The van der Waals surface area contributed by atoms with E-state index in [4.69, 9.17) is 4.74 Å². The average molecular weight is 1690 g/mol. The Morgan fingerprint density at radius 3 is 1.04 bits per heavy atom. The molecule has 9 saturated heterocycles. The van der Waals surface area contributed by atoms with Crippen LogP contribution in [0.15, 0.2) is 77.7 Å². The average Bonchev–Trinajstić information content (AvgIpc) is 1.68. The molecule has 18 heteroatoms. The van der Waals surface area contributed by atoms with Gasteiger partial charge in [-0.05, 0) is 364 Å². The molecule has 0 bridgehead atoms. The van der Waals surface area contributed by atoms with Crippen molar-refractivity contribution in [1.29, 1.82) is 0 Å². The molecule has 0 aliphatic carbocycles. The normalized spacial score (nSPS) is 23.1. The van der Waals surface area contributed by atoms with Gasteiger partial charge in [0.15, 0.2) is 0 Å². The molecule has 0 radical (unpaired) electrons. The van der Waals surface area contributed by atoms with E-state index in [1.807, 2.05) is 38.7 Å². The molecule has 11 aliphatic heterocycles. The van der Waals surface area contributed by atoms with Crippen molar-refractivity contribution in [2.45, 2.75) is 400 Å². The fourth-order valence-corrected chi connectivity index (χ4v) is 17.4. The number of nitrogens with zero attached hydrogens (tertiary/aromatic N) is 13. The molecule has 120 heavy (non-hydrogen) atoms. The van der Waals surface area contributed by atoms with Crippen LogP contribution in [0.25, 0.3) is 0 Å². The third-order valence-electron chi connectivity index (χ3n) is 25.7. The van der Waals surface area contributed by atoms with Crippen LogP contribution in [0.2, 0.25) is 0 Å². The van der Waals surface area contributed by atoms with Gasteiger partial charge in [-0.2, -0.15) is 0 Å². The van der Waals surface area contributed by atoms with Crippen LogP contribution in [0.4, 0.5) is 18.9 Å². The highest BCUT2D eigenvalue weighted by molar-refractivity contribution is 5.58. The number of anilines is 1. The first-order valence-corrected chi connectivity index (χ1v) is 48.9. The number of halogens is 3. The Labute approximate surface area is 739 Å². The van der Waals surface area contributed by atoms with Gasteiger partial charge in [-0.15, -0.1) is 0 Å². The molecule has 14 rings (SSSR count). The van der Waals surface area contributed by atoms with Crippen LogP contribution in [0, 0.1) is 11.8 Å². The number of ether oxygens (including phenoxy) is 1. The zero-order valence-corrected chi connectivity index (χ0v) is 83.4. The highest BCUT2D eigenvalue weighted by Crippen LogP contribution is 2.31. The van der Waals surface area contributed by atoms with E-state index in [9.17, 15) is 18.0 Å². The number of piperazine rings is 1. The maximum absolute atomic E-state index is 12.8. The minimum atomic E-state index is -2.44. The first kappa shape index (κ1) is 111. The summed E-state index contributed by atoms with van der Waals surface area (Å²) in [6, 6.07) is 30.2. The van der Waals surface area contributed by atoms with E-state index in [0.717, 1.165) is 107 Å². The van der Waals surface area contributed by atoms with Gasteiger partial charge in [0, 0.05) is 182 Å². The standard InChI is InChI=1S/2C11H15N.C10H21N.C9H19NO.C8H15F2N.C8H16FN.C8H18N2.C8H11NO.2C8H17N.C7H15N.C6H13N/c1-9(2)12-7-10-5-3-4-6-11(10)8-12;1-9(2)12-8-7-10-5-3-4-6-11(10)12;1-8(2)11-6-9(3)5-10(4)7-11;1-7(2)10-5-8(3)11-9(4)6-10;1-7(2)11-5-3-4-8(9,10)6-11;1-7(2)10-5-3-8(9)4-6-10;1-8(2)10-6-4-9(3)5-7-10;1-7(2)9-6-4-3-5-8(9)10;2*1-8(2)9-6-4-3-5-7-9;1-7(2)8-5-3-4-6-8;1-6(2)7-4-3-5-7/h2*3-6,9H,7-8H2,1-2H3;8-10H,5-7H2,1-4H3;7-9H,5-6H2,1-4H3;7H,3-6H2,1-2H3;7-8H,3-6H2,1-2H3;8H,4-7H2,1-3H3;3-7H,1-2H3;2*8H,3-7H2,1-2H3;7H,3-6H2,1-2H3;6H,3-5H2,1-2H3. The highest BCUT2D eigenvalue weighted by Gasteiger charge is 2.36. The largest absolute Gasteiger partial charge is 0.373 e. The first-order chi connectivity index (χ1) is 56.6. The van der Waals surface area contributed by atoms with Gasteiger partial charge in [-0.1, -0.05) is 75.2 Å². The van der Waals surface area contributed by atoms with Crippen LogP contribution in [-0.2, 0) is 24.2 Å². The number of aromatic nitrogens is 1. The van der Waals surface area contributed by atoms with Crippen molar-refractivity contribution in [2.75, 3.05) is 149 Å². The zero-order chi connectivity index (χ0) is 89.8. The molecular weight excluding hydrogens is 1500 g/mol. The molecule has 0 N–H and O–H groups in total. The number of likely N-dealkylation sites (tertiary alicyclic amines) is 7. The minimum absolute atomic E-state index is 0.0509. The van der Waals surface area contributed by atoms with Crippen molar-refractivity contribution in [3.63, 3.8) is 0 Å². The third kappa shape index (κ3) is 45.8. The van der Waals surface area contributed by atoms with Crippen molar-refractivity contribution >= 4 is 5.69 Å². The second-order valence-corrected chi connectivity index (χ2v) is 40.2. The third-order valence-corrected chi connectivity index (χ3v) is 25.7. The van der Waals surface area contributed by atoms with E-state index < -0.39 is 12.1 Å². The molecule has 698 valence electrons. The summed E-state index contributed by atoms with van der Waals surface area (Å²) in [6.45, 7) is 88.6. The van der Waals surface area contributed by atoms with E-state index in [2.05, 4.69) is 276 Å². The Morgan fingerprint density at radius 2 is 0.700 bits per heavy atom. The fourth-order valence-electron chi connectivity index (χ4n) is 17.4. The monoisotopic (exact) mass is 1690 g/mol. The Hall–Kier alpha value is -3.50. The van der Waals surface area contributed by atoms with E-state index in [-0.39, 0.29) is 30.6 Å². The molecule has 15 nitrogen and oxygen atoms in total. The molecular formula is C102H192F3N13O2. The van der Waals surface area contributed by atoms with Crippen molar-refractivity contribution in [1.82, 2.24) is 58.5 Å². The lowest BCUT2D eigenvalue weighted by atomic mass is 9.91. The Balaban J connectivity index is 0.000000339. The summed E-state index contributed by atoms with van der Waals surface area (Å²) in [6.07, 6.45) is 19.7. The summed E-state index contributed by atoms with van der Waals surface area (Å²) in [5, 5.41) is 0. The molecule has 11 aliphatic rings. The molecule has 12 heterocycles. The smallest absolute Gasteiger partial charge is 0.260 e. The summed E-state index contributed by atoms with van der Waals surface area (Å²) < 4.78 is 45.5. The predicted molar refractivity (Wildman–Crippen MR) is 515 cm³/mol. The lowest BCUT2D eigenvalue weighted by molar-refractivity contribution is -0.0764. The number of piperidine rings is 5. The van der Waals surface area contributed by atoms with Gasteiger partial charge in [-0.3, -0.25) is 24.4 Å². The number of morpholine rings is 1. The van der Waals surface area contributed by atoms with Crippen LogP contribution in [0.3, 0.4) is 0 Å². The van der Waals surface area contributed by atoms with Gasteiger partial charge in [0.2, 0.25) is 0 Å². The molecule has 4 atom stereocenters. The van der Waals surface area contributed by atoms with Gasteiger partial charge < -0.3 is 48.5 Å². The van der Waals surface area contributed by atoms with E-state index in [0.29, 0.717) is 42.8 Å². The number of alkyl halides is 3. The number of likely N-dealkylation sites (N-methyl/N-ethyl adjacent to an activating group) is 1. The molecule has 2 aromatic carbocycles. The second kappa shape index (κ2) is 60.3. The van der Waals surface area contributed by atoms with E-state index >= 15 is 0 Å². The molecule has 4 unspecified atom stereocenters. The van der Waals surface area contributed by atoms with Crippen LogP contribution in [0.1, 0.15) is 306 Å². The summed E-state index contributed by atoms with van der Waals surface area (Å²) in [7, 11) is 2.19. The number of benzene rings is 2. The predicted octanol–water partition coefficient (Wildman–Crippen LogP) is 21.1. The summed E-state index contributed by atoms with van der Waals surface area (Å²) in [5.41, 5.74) is 6.02. The number of hydrogen-bond acceptors (Lipinski definition) is 14. The van der Waals surface area contributed by atoms with E-state index in [1.165, 1.54) is 191 Å². The lowest BCUT2D eigenvalue weighted by Gasteiger charge is -2.37. The van der Waals surface area contributed by atoms with Gasteiger partial charge in [-0.25, -0.2) is 13.2 Å². The molecule has 0 spiro atoms. The van der Waals surface area contributed by atoms with Crippen molar-refractivity contribution < 1.29 is 17.9 Å². The number of para-hydroxylation sites is 1. The molecule has 3 aromatic rings. The van der Waals surface area contributed by atoms with Crippen molar-refractivity contribution in [2.24, 2.45) is 11.8 Å². The number of hydrogen-bond donors (Lipinski definition) is 0. The minimum Gasteiger partial charge on any atom is -0.373 e. The lowest BCUT2D eigenvalue weighted by Crippen LogP contribution is -2.48. The molecule has 1 aromatic heterocycles. The van der Waals surface area contributed by atoms with Crippen LogP contribution >= 0.6 is 0 Å². The topological polar surface area (TPSA) is 70.1 Å². The van der Waals surface area contributed by atoms with Gasteiger partial charge in [0.25, 0.3) is 11.5 Å². The van der Waals surface area contributed by atoms with Crippen molar-refractivity contribution in [3.05, 3.63) is 100.0 Å². The maximum atomic E-state index is 12.8. The summed E-state index contributed by atoms with van der Waals surface area (Å²) in [4.78, 5) is 40.2. The molecule has 0 amide bonds. The Morgan fingerprint density at radius 1 is 0.350 bits per heavy atom. The Kier molecular flexibility index (Phi) is 55.6. The summed E-state index contributed by atoms with van der Waals surface area (Å²) in [5.74, 6) is -0.634. The number of rotatable bonds is 12. The summed E-state index contributed by atoms with van der Waals surface area (Å²) >= 11 is 0. The number of fused-ring (bicyclic) bond motifs is 2. The van der Waals surface area contributed by atoms with Gasteiger partial charge >= 0.3 is 0 Å². The van der Waals surface area contributed by atoms with Crippen LogP contribution < -0.4 is 10.5 Å². The quantitative estimate of drug-likeness (QED) is 0.173. The maximum Gasteiger partial charge on any atom is 0.260 e. The number of pyridine rings is 1. The van der Waals surface area contributed by atoms with Gasteiger partial charge in [0.05, 0.1) is 18.8 Å². The first-order valence-electron chi connectivity index (χ1n) is 48.9. The zero-order valence-electron chi connectivity index (χ0n) is 83.4. The second-order valence-electron chi connectivity index (χ2n) is 40.2. The SMILES string of the molecule is CC(C)N1CCC(F)CC1.CC(C)N1CCC1.CC(C)N1CCCC(F)(F)C1.CC(C)N1CCCC1.CC(C)N1CCCCC1.CC(C)N1CCCCC1.CC(C)N1CCN(C)CC1.CC(C)N1CCc2ccccc21.CC(C)N1Cc2ccccc2C1.CC(C)n1ccccc1=O.CC1CC(C)CN(C(C)C)C1.CC1CN(C(C)C)CC(C)O1. The van der Waals surface area contributed by atoms with Crippen molar-refractivity contribution in [3.8, 4) is 0 Å². The molecule has 0 saturated carbocycles. The van der Waals surface area contributed by atoms with Gasteiger partial charge in [0.1, 0.15) is 6.17 Å². The fraction of sp³-hybridized carbons (Fsp3) is 0.833. The Bertz CT molecular complexity index is 2920. The molecule has 9 fully saturated rings. The highest BCUT2D eigenvalue weighted by atomic mass is 19.3.